The van der Waals surface area contributed by atoms with Crippen LogP contribution in [-0.2, 0) is 26.2 Å². The standard InChI is InChI=1S/C26H29N3O5S/c1-17(23-9-5-15-34-23)29-26(31)22-8-4-7-21(22)25(30)28-16-18-11-13-19(14-12-18)20-6-2-3-10-24(20)35(27,32)33/h2-3,5-6,9-15,17,21-22H,4,7-8,16H2,1H3,(H,28,30)(H,29,31)(H2,27,32,33)/t17?,21?,22-/m1/s1. The average Bonchev–Trinajstić information content (AvgIpc) is 3.55. The lowest BCUT2D eigenvalue weighted by Gasteiger charge is -2.21. The molecule has 0 saturated heterocycles. The van der Waals surface area contributed by atoms with Crippen molar-refractivity contribution in [1.29, 1.82) is 0 Å². The van der Waals surface area contributed by atoms with Crippen molar-refractivity contribution in [2.75, 3.05) is 0 Å². The zero-order valence-electron chi connectivity index (χ0n) is 19.4. The van der Waals surface area contributed by atoms with Crippen LogP contribution in [0.25, 0.3) is 11.1 Å². The largest absolute Gasteiger partial charge is 0.467 e. The Bertz CT molecular complexity index is 1290. The van der Waals surface area contributed by atoms with Gasteiger partial charge in [0.1, 0.15) is 5.76 Å². The molecule has 184 valence electrons. The molecule has 1 saturated carbocycles. The second-order valence-electron chi connectivity index (χ2n) is 8.85. The minimum absolute atomic E-state index is 0.0629. The van der Waals surface area contributed by atoms with Gasteiger partial charge in [-0.1, -0.05) is 48.9 Å². The summed E-state index contributed by atoms with van der Waals surface area (Å²) in [7, 11) is -3.85. The maximum Gasteiger partial charge on any atom is 0.238 e. The normalized spacial score (nSPS) is 18.7. The van der Waals surface area contributed by atoms with E-state index in [9.17, 15) is 18.0 Å². The molecule has 0 bridgehead atoms. The van der Waals surface area contributed by atoms with Gasteiger partial charge in [0.05, 0.1) is 17.2 Å². The third-order valence-corrected chi connectivity index (χ3v) is 7.41. The fourth-order valence-corrected chi connectivity index (χ4v) is 5.35. The van der Waals surface area contributed by atoms with Gasteiger partial charge < -0.3 is 15.1 Å². The van der Waals surface area contributed by atoms with E-state index in [0.717, 1.165) is 12.0 Å². The fourth-order valence-electron chi connectivity index (χ4n) is 4.59. The fraction of sp³-hybridized carbons (Fsp3) is 0.308. The molecule has 3 aromatic rings. The van der Waals surface area contributed by atoms with Crippen molar-refractivity contribution in [3.63, 3.8) is 0 Å². The first kappa shape index (κ1) is 24.7. The molecule has 1 fully saturated rings. The van der Waals surface area contributed by atoms with Gasteiger partial charge in [0.2, 0.25) is 21.8 Å². The van der Waals surface area contributed by atoms with E-state index < -0.39 is 10.0 Å². The summed E-state index contributed by atoms with van der Waals surface area (Å²) in [5, 5.41) is 11.2. The molecule has 0 radical (unpaired) electrons. The minimum Gasteiger partial charge on any atom is -0.467 e. The average molecular weight is 496 g/mol. The molecule has 1 heterocycles. The van der Waals surface area contributed by atoms with E-state index in [0.29, 0.717) is 36.3 Å². The van der Waals surface area contributed by atoms with Crippen molar-refractivity contribution in [1.82, 2.24) is 10.6 Å². The molecule has 9 heteroatoms. The molecule has 2 amide bonds. The van der Waals surface area contributed by atoms with E-state index >= 15 is 0 Å². The zero-order valence-corrected chi connectivity index (χ0v) is 20.3. The number of hydrogen-bond acceptors (Lipinski definition) is 5. The van der Waals surface area contributed by atoms with Crippen molar-refractivity contribution >= 4 is 21.8 Å². The van der Waals surface area contributed by atoms with E-state index in [-0.39, 0.29) is 34.6 Å². The van der Waals surface area contributed by atoms with Crippen LogP contribution in [-0.4, -0.2) is 20.2 Å². The number of sulfonamides is 1. The van der Waals surface area contributed by atoms with Gasteiger partial charge in [-0.15, -0.1) is 0 Å². The smallest absolute Gasteiger partial charge is 0.238 e. The molecular weight excluding hydrogens is 466 g/mol. The lowest BCUT2D eigenvalue weighted by atomic mass is 9.93. The van der Waals surface area contributed by atoms with Crippen molar-refractivity contribution in [2.45, 2.75) is 43.7 Å². The first-order valence-electron chi connectivity index (χ1n) is 11.6. The summed E-state index contributed by atoms with van der Waals surface area (Å²) >= 11 is 0. The van der Waals surface area contributed by atoms with Crippen LogP contribution >= 0.6 is 0 Å². The third-order valence-electron chi connectivity index (χ3n) is 6.44. The van der Waals surface area contributed by atoms with Crippen molar-refractivity contribution < 1.29 is 22.4 Å². The zero-order chi connectivity index (χ0) is 25.0. The van der Waals surface area contributed by atoms with Crippen LogP contribution in [0.2, 0.25) is 0 Å². The number of benzene rings is 2. The Balaban J connectivity index is 1.36. The summed E-state index contributed by atoms with van der Waals surface area (Å²) in [6.45, 7) is 2.16. The van der Waals surface area contributed by atoms with Gasteiger partial charge in [0, 0.05) is 23.9 Å². The van der Waals surface area contributed by atoms with Gasteiger partial charge >= 0.3 is 0 Å². The van der Waals surface area contributed by atoms with E-state index in [4.69, 9.17) is 9.56 Å². The molecule has 3 atom stereocenters. The highest BCUT2D eigenvalue weighted by molar-refractivity contribution is 7.89. The maximum atomic E-state index is 12.9. The number of carbonyl (C=O) groups excluding carboxylic acids is 2. The predicted molar refractivity (Wildman–Crippen MR) is 131 cm³/mol. The molecule has 0 spiro atoms. The Kier molecular flexibility index (Phi) is 7.37. The van der Waals surface area contributed by atoms with Crippen molar-refractivity contribution in [3.8, 4) is 11.1 Å². The number of furan rings is 1. The number of nitrogens with two attached hydrogens (primary N) is 1. The lowest BCUT2D eigenvalue weighted by Crippen LogP contribution is -2.40. The van der Waals surface area contributed by atoms with Gasteiger partial charge in [-0.05, 0) is 49.1 Å². The molecule has 1 aliphatic carbocycles. The van der Waals surface area contributed by atoms with E-state index in [1.165, 1.54) is 6.07 Å². The summed E-state index contributed by atoms with van der Waals surface area (Å²) < 4.78 is 29.1. The number of hydrogen-bond donors (Lipinski definition) is 3. The van der Waals surface area contributed by atoms with E-state index in [2.05, 4.69) is 10.6 Å². The second kappa shape index (κ2) is 10.5. The van der Waals surface area contributed by atoms with E-state index in [1.54, 1.807) is 42.7 Å². The maximum absolute atomic E-state index is 12.9. The van der Waals surface area contributed by atoms with Gasteiger partial charge in [-0.25, -0.2) is 13.6 Å². The Morgan fingerprint density at radius 1 is 1.00 bits per heavy atom. The summed E-state index contributed by atoms with van der Waals surface area (Å²) in [6.07, 6.45) is 3.73. The number of carbonyl (C=O) groups is 2. The molecule has 2 unspecified atom stereocenters. The summed E-state index contributed by atoms with van der Waals surface area (Å²) in [5.74, 6) is -0.349. The third kappa shape index (κ3) is 5.80. The molecule has 2 aromatic carbocycles. The monoisotopic (exact) mass is 495 g/mol. The molecule has 1 aromatic heterocycles. The Labute approximate surface area is 205 Å². The summed E-state index contributed by atoms with van der Waals surface area (Å²) in [6, 6.07) is 17.1. The topological polar surface area (TPSA) is 132 Å². The predicted octanol–water partition coefficient (Wildman–Crippen LogP) is 3.50. The second-order valence-corrected chi connectivity index (χ2v) is 10.4. The van der Waals surface area contributed by atoms with Gasteiger partial charge in [-0.2, -0.15) is 0 Å². The highest BCUT2D eigenvalue weighted by Gasteiger charge is 2.38. The molecule has 8 nitrogen and oxygen atoms in total. The van der Waals surface area contributed by atoms with Crippen LogP contribution in [0.4, 0.5) is 0 Å². The number of amides is 2. The number of nitrogens with one attached hydrogen (secondary N) is 2. The molecular formula is C26H29N3O5S. The van der Waals surface area contributed by atoms with Crippen molar-refractivity contribution in [3.05, 3.63) is 78.3 Å². The number of primary sulfonamides is 1. The molecule has 0 aliphatic heterocycles. The highest BCUT2D eigenvalue weighted by Crippen LogP contribution is 2.33. The van der Waals surface area contributed by atoms with Gasteiger partial charge in [0.15, 0.2) is 0 Å². The Morgan fingerprint density at radius 2 is 1.69 bits per heavy atom. The number of rotatable bonds is 8. The van der Waals surface area contributed by atoms with Crippen LogP contribution in [0.5, 0.6) is 0 Å². The first-order valence-corrected chi connectivity index (χ1v) is 13.1. The Hall–Kier alpha value is -3.43. The van der Waals surface area contributed by atoms with Crippen LogP contribution < -0.4 is 15.8 Å². The van der Waals surface area contributed by atoms with Crippen LogP contribution in [0, 0.1) is 11.8 Å². The Morgan fingerprint density at radius 3 is 2.34 bits per heavy atom. The van der Waals surface area contributed by atoms with Crippen LogP contribution in [0.3, 0.4) is 0 Å². The quantitative estimate of drug-likeness (QED) is 0.440. The van der Waals surface area contributed by atoms with Crippen LogP contribution in [0.15, 0.2) is 76.2 Å². The van der Waals surface area contributed by atoms with Gasteiger partial charge in [0.25, 0.3) is 0 Å². The van der Waals surface area contributed by atoms with E-state index in [1.807, 2.05) is 25.1 Å². The summed E-state index contributed by atoms with van der Waals surface area (Å²) in [5.41, 5.74) is 2.10. The highest BCUT2D eigenvalue weighted by atomic mass is 32.2. The first-order chi connectivity index (χ1) is 16.7. The SMILES string of the molecule is CC(NC(=O)[C@@H]1CCCC1C(=O)NCc1ccc(-c2ccccc2S(N)(=O)=O)cc1)c1ccco1. The molecule has 35 heavy (non-hydrogen) atoms. The summed E-state index contributed by atoms with van der Waals surface area (Å²) in [4.78, 5) is 25.8. The molecule has 4 rings (SSSR count). The molecule has 1 aliphatic rings. The van der Waals surface area contributed by atoms with Crippen molar-refractivity contribution in [2.24, 2.45) is 17.0 Å². The lowest BCUT2D eigenvalue weighted by molar-refractivity contribution is -0.134. The van der Waals surface area contributed by atoms with Gasteiger partial charge in [-0.3, -0.25) is 9.59 Å². The van der Waals surface area contributed by atoms with Crippen LogP contribution in [0.1, 0.15) is 43.6 Å². The molecule has 4 N–H and O–H groups in total. The minimum atomic E-state index is -3.85.